The SMILES string of the molecule is CCCCCCCCCCCCOc1cc(/C=C/c2ccc(C(=O)Oc3ccc(-c4ccc(OCCCCCOC(=O)c5ccc(OCCCCCCCCCC)cc5)cc4)cc3)cc2)cc(OCCCCCCCCCCCC)c1OCCCCCCCCCCCC. The van der Waals surface area contributed by atoms with Crippen LogP contribution >= 0.6 is 0 Å². The quantitative estimate of drug-likeness (QED) is 0.0163. The molecular formula is C85H126O9. The molecule has 0 radical (unpaired) electrons. The Bertz CT molecular complexity index is 2630. The van der Waals surface area contributed by atoms with Crippen molar-refractivity contribution in [2.45, 2.75) is 291 Å². The van der Waals surface area contributed by atoms with Crippen molar-refractivity contribution in [1.82, 2.24) is 0 Å². The van der Waals surface area contributed by atoms with Gasteiger partial charge in [-0.3, -0.25) is 0 Å². The number of unbranched alkanes of at least 4 members (excludes halogenated alkanes) is 36. The van der Waals surface area contributed by atoms with Gasteiger partial charge in [-0.1, -0.05) is 295 Å². The molecule has 0 saturated heterocycles. The molecule has 0 aliphatic heterocycles. The topological polar surface area (TPSA) is 98.8 Å². The largest absolute Gasteiger partial charge is 0.494 e. The van der Waals surface area contributed by atoms with E-state index in [2.05, 4.69) is 52.0 Å². The Kier molecular flexibility index (Phi) is 44.2. The first-order valence-corrected chi connectivity index (χ1v) is 38.2. The molecule has 0 amide bonds. The van der Waals surface area contributed by atoms with Gasteiger partial charge in [-0.25, -0.2) is 9.59 Å². The Morgan fingerprint density at radius 1 is 0.277 bits per heavy atom. The Hall–Kier alpha value is -6.22. The summed E-state index contributed by atoms with van der Waals surface area (Å²) >= 11 is 0. The number of hydrogen-bond donors (Lipinski definition) is 0. The van der Waals surface area contributed by atoms with Crippen LogP contribution in [-0.2, 0) is 4.74 Å². The molecule has 0 heterocycles. The highest BCUT2D eigenvalue weighted by atomic mass is 16.5. The molecule has 5 aromatic rings. The van der Waals surface area contributed by atoms with Crippen LogP contribution in [0.1, 0.15) is 323 Å². The van der Waals surface area contributed by atoms with E-state index in [4.69, 9.17) is 33.2 Å². The van der Waals surface area contributed by atoms with Gasteiger partial charge in [0, 0.05) is 0 Å². The predicted octanol–water partition coefficient (Wildman–Crippen LogP) is 25.6. The van der Waals surface area contributed by atoms with Gasteiger partial charge >= 0.3 is 11.9 Å². The smallest absolute Gasteiger partial charge is 0.343 e. The van der Waals surface area contributed by atoms with Crippen LogP contribution in [0.2, 0.25) is 0 Å². The lowest BCUT2D eigenvalue weighted by molar-refractivity contribution is 0.0496. The molecule has 0 atom stereocenters. The standard InChI is InChI=1S/C85H126O9/c1-5-9-13-17-21-25-28-32-36-41-66-90-81-70-73(71-82(91-67-42-37-33-29-26-22-18-14-10-6-2)83(81)92-68-43-38-34-30-27-23-19-15-11-7-3)47-46-72-48-50-77(51-49-72)85(87)94-80-62-54-75(55-63-80)74-52-58-78(59-53-74)89-65-44-39-45-69-93-84(86)76-56-60-79(61-57-76)88-64-40-35-31-24-20-16-12-8-4/h46-63,70-71H,5-45,64-69H2,1-4H3/b47-46+. The zero-order chi connectivity index (χ0) is 66.4. The number of esters is 2. The van der Waals surface area contributed by atoms with Crippen molar-refractivity contribution in [2.75, 3.05) is 39.6 Å². The maximum absolute atomic E-state index is 13.4. The Labute approximate surface area is 571 Å². The number of carbonyl (C=O) groups is 2. The van der Waals surface area contributed by atoms with E-state index in [0.717, 1.165) is 115 Å². The van der Waals surface area contributed by atoms with Gasteiger partial charge in [0.05, 0.1) is 50.8 Å². The minimum absolute atomic E-state index is 0.311. The van der Waals surface area contributed by atoms with Crippen LogP contribution in [0, 0.1) is 0 Å². The maximum atomic E-state index is 13.4. The average Bonchev–Trinajstić information content (AvgIpc) is 1.38. The molecule has 0 spiro atoms. The molecule has 0 fully saturated rings. The fourth-order valence-corrected chi connectivity index (χ4v) is 11.8. The van der Waals surface area contributed by atoms with Gasteiger partial charge in [0.1, 0.15) is 17.2 Å². The summed E-state index contributed by atoms with van der Waals surface area (Å²) in [7, 11) is 0. The second-order valence-electron chi connectivity index (χ2n) is 26.2. The van der Waals surface area contributed by atoms with Crippen LogP contribution in [0.25, 0.3) is 23.3 Å². The third-order valence-electron chi connectivity index (χ3n) is 17.8. The predicted molar refractivity (Wildman–Crippen MR) is 395 cm³/mol. The number of rotatable bonds is 59. The van der Waals surface area contributed by atoms with Crippen molar-refractivity contribution in [2.24, 2.45) is 0 Å². The number of carbonyl (C=O) groups excluding carboxylic acids is 2. The summed E-state index contributed by atoms with van der Waals surface area (Å²) in [5.74, 6) is 3.57. The first kappa shape index (κ1) is 78.5. The lowest BCUT2D eigenvalue weighted by Gasteiger charge is -2.18. The minimum Gasteiger partial charge on any atom is -0.494 e. The molecule has 9 heteroatoms. The van der Waals surface area contributed by atoms with Crippen molar-refractivity contribution in [3.63, 3.8) is 0 Å². The van der Waals surface area contributed by atoms with E-state index >= 15 is 0 Å². The number of benzene rings is 5. The number of hydrogen-bond acceptors (Lipinski definition) is 9. The van der Waals surface area contributed by atoms with E-state index < -0.39 is 5.97 Å². The summed E-state index contributed by atoms with van der Waals surface area (Å²) < 4.78 is 43.3. The lowest BCUT2D eigenvalue weighted by atomic mass is 10.1. The zero-order valence-corrected chi connectivity index (χ0v) is 59.5. The monoisotopic (exact) mass is 1290 g/mol. The zero-order valence-electron chi connectivity index (χ0n) is 59.5. The summed E-state index contributed by atoms with van der Waals surface area (Å²) in [5, 5.41) is 0. The number of ether oxygens (including phenoxy) is 7. The van der Waals surface area contributed by atoms with Crippen LogP contribution in [0.5, 0.6) is 34.5 Å². The first-order valence-electron chi connectivity index (χ1n) is 38.2. The first-order chi connectivity index (χ1) is 46.4. The molecule has 0 bridgehead atoms. The van der Waals surface area contributed by atoms with E-state index in [1.165, 1.54) is 199 Å². The van der Waals surface area contributed by atoms with Crippen molar-refractivity contribution >= 4 is 24.1 Å². The van der Waals surface area contributed by atoms with E-state index in [-0.39, 0.29) is 5.97 Å². The summed E-state index contributed by atoms with van der Waals surface area (Å²) in [4.78, 5) is 26.1. The van der Waals surface area contributed by atoms with Gasteiger partial charge in [0.2, 0.25) is 5.75 Å². The summed E-state index contributed by atoms with van der Waals surface area (Å²) in [5.41, 5.74) is 4.98. The molecule has 0 aromatic heterocycles. The molecule has 94 heavy (non-hydrogen) atoms. The van der Waals surface area contributed by atoms with Crippen LogP contribution in [0.15, 0.2) is 109 Å². The molecule has 9 nitrogen and oxygen atoms in total. The van der Waals surface area contributed by atoms with Crippen molar-refractivity contribution in [3.8, 4) is 45.6 Å². The normalized spacial score (nSPS) is 11.3. The van der Waals surface area contributed by atoms with Crippen LogP contribution in [-0.4, -0.2) is 51.6 Å². The fourth-order valence-electron chi connectivity index (χ4n) is 11.8. The van der Waals surface area contributed by atoms with Crippen LogP contribution in [0.4, 0.5) is 0 Å². The van der Waals surface area contributed by atoms with Gasteiger partial charge in [-0.2, -0.15) is 0 Å². The minimum atomic E-state index is -0.413. The molecule has 0 aliphatic rings. The van der Waals surface area contributed by atoms with Crippen molar-refractivity contribution < 1.29 is 42.7 Å². The van der Waals surface area contributed by atoms with Crippen molar-refractivity contribution in [3.05, 3.63) is 131 Å². The van der Waals surface area contributed by atoms with Gasteiger partial charge in [0.25, 0.3) is 0 Å². The Morgan fingerprint density at radius 2 is 0.564 bits per heavy atom. The highest BCUT2D eigenvalue weighted by molar-refractivity contribution is 5.91. The second kappa shape index (κ2) is 53.0. The molecular weight excluding hydrogens is 1160 g/mol. The maximum Gasteiger partial charge on any atom is 0.343 e. The molecule has 5 rings (SSSR count). The Morgan fingerprint density at radius 3 is 0.957 bits per heavy atom. The Balaban J connectivity index is 1.08. The van der Waals surface area contributed by atoms with Gasteiger partial charge in [-0.05, 0) is 140 Å². The van der Waals surface area contributed by atoms with Gasteiger partial charge in [0.15, 0.2) is 11.5 Å². The summed E-state index contributed by atoms with van der Waals surface area (Å²) in [6.07, 6.45) is 55.1. The molecule has 520 valence electrons. The highest BCUT2D eigenvalue weighted by Gasteiger charge is 2.17. The highest BCUT2D eigenvalue weighted by Crippen LogP contribution is 2.40. The van der Waals surface area contributed by atoms with Crippen LogP contribution in [0.3, 0.4) is 0 Å². The molecule has 0 aliphatic carbocycles. The van der Waals surface area contributed by atoms with E-state index in [1.54, 1.807) is 12.1 Å². The fraction of sp³-hybridized carbons (Fsp3) is 0.600. The van der Waals surface area contributed by atoms with E-state index in [9.17, 15) is 9.59 Å². The van der Waals surface area contributed by atoms with Gasteiger partial charge < -0.3 is 33.2 Å². The molecule has 0 unspecified atom stereocenters. The van der Waals surface area contributed by atoms with Gasteiger partial charge in [-0.15, -0.1) is 0 Å². The average molecular weight is 1290 g/mol. The van der Waals surface area contributed by atoms with E-state index in [1.807, 2.05) is 84.9 Å². The van der Waals surface area contributed by atoms with E-state index in [0.29, 0.717) is 56.5 Å². The molecule has 0 N–H and O–H groups in total. The third-order valence-corrected chi connectivity index (χ3v) is 17.8. The molecule has 5 aromatic carbocycles. The van der Waals surface area contributed by atoms with Crippen LogP contribution < -0.4 is 28.4 Å². The van der Waals surface area contributed by atoms with Crippen molar-refractivity contribution in [1.29, 1.82) is 0 Å². The third kappa shape index (κ3) is 36.0. The summed E-state index contributed by atoms with van der Waals surface area (Å²) in [6, 6.07) is 34.6. The molecule has 0 saturated carbocycles. The summed E-state index contributed by atoms with van der Waals surface area (Å²) in [6.45, 7) is 12.7. The second-order valence-corrected chi connectivity index (χ2v) is 26.2. The lowest BCUT2D eigenvalue weighted by Crippen LogP contribution is -2.08.